The molecule has 0 aromatic heterocycles. The monoisotopic (exact) mass is 290 g/mol. The number of hydrogen-bond acceptors (Lipinski definition) is 3. The minimum absolute atomic E-state index is 0.0357. The molecule has 0 aliphatic heterocycles. The Kier molecular flexibility index (Phi) is 5.38. The molecule has 0 fully saturated rings. The summed E-state index contributed by atoms with van der Waals surface area (Å²) in [6.07, 6.45) is -3.96. The Bertz CT molecular complexity index is 475. The highest BCUT2D eigenvalue weighted by molar-refractivity contribution is 5.94. The lowest BCUT2D eigenvalue weighted by atomic mass is 10.1. The molecule has 7 heteroatoms. The van der Waals surface area contributed by atoms with Crippen molar-refractivity contribution in [2.75, 3.05) is 33.0 Å². The van der Waals surface area contributed by atoms with Crippen LogP contribution in [-0.4, -0.2) is 38.1 Å². The molecule has 1 amide bonds. The Morgan fingerprint density at radius 1 is 1.40 bits per heavy atom. The molecular formula is C13H17F3N2O2. The van der Waals surface area contributed by atoms with Crippen LogP contribution in [0.5, 0.6) is 0 Å². The molecule has 0 bridgehead atoms. The topological polar surface area (TPSA) is 55.6 Å². The van der Waals surface area contributed by atoms with E-state index in [-0.39, 0.29) is 5.56 Å². The Morgan fingerprint density at radius 2 is 2.05 bits per heavy atom. The molecule has 0 radical (unpaired) electrons. The van der Waals surface area contributed by atoms with Crippen LogP contribution in [0.1, 0.15) is 22.3 Å². The van der Waals surface area contributed by atoms with Gasteiger partial charge < -0.3 is 15.4 Å². The molecule has 0 spiro atoms. The summed E-state index contributed by atoms with van der Waals surface area (Å²) in [6, 6.07) is 3.17. The molecule has 1 aromatic rings. The van der Waals surface area contributed by atoms with E-state index in [1.165, 1.54) is 25.1 Å². The first-order valence-corrected chi connectivity index (χ1v) is 5.98. The van der Waals surface area contributed by atoms with E-state index in [1.54, 1.807) is 0 Å². The Morgan fingerprint density at radius 3 is 2.60 bits per heavy atom. The first kappa shape index (κ1) is 16.3. The number of amides is 1. The maximum absolute atomic E-state index is 12.7. The van der Waals surface area contributed by atoms with Gasteiger partial charge in [0.2, 0.25) is 0 Å². The number of carbonyl (C=O) groups excluding carboxylic acids is 1. The Hall–Kier alpha value is -1.76. The highest BCUT2D eigenvalue weighted by Crippen LogP contribution is 2.34. The highest BCUT2D eigenvalue weighted by atomic mass is 19.4. The second-order valence-corrected chi connectivity index (χ2v) is 4.37. The van der Waals surface area contributed by atoms with Crippen LogP contribution in [0.25, 0.3) is 0 Å². The van der Waals surface area contributed by atoms with E-state index in [1.807, 2.05) is 0 Å². The SMILES string of the molecule is COCCCN(C)C(=O)c1ccc(N)c(C(F)(F)F)c1. The van der Waals surface area contributed by atoms with Crippen molar-refractivity contribution in [3.05, 3.63) is 29.3 Å². The van der Waals surface area contributed by atoms with Gasteiger partial charge in [0.1, 0.15) is 0 Å². The summed E-state index contributed by atoms with van der Waals surface area (Å²) in [5.41, 5.74) is 3.87. The molecule has 20 heavy (non-hydrogen) atoms. The number of rotatable bonds is 5. The van der Waals surface area contributed by atoms with Crippen LogP contribution in [0.2, 0.25) is 0 Å². The molecule has 0 saturated carbocycles. The van der Waals surface area contributed by atoms with Crippen LogP contribution in [0.15, 0.2) is 18.2 Å². The number of anilines is 1. The van der Waals surface area contributed by atoms with Crippen LogP contribution >= 0.6 is 0 Å². The third-order valence-corrected chi connectivity index (χ3v) is 2.79. The van der Waals surface area contributed by atoms with Gasteiger partial charge in [-0.05, 0) is 24.6 Å². The van der Waals surface area contributed by atoms with E-state index in [2.05, 4.69) is 0 Å². The number of nitrogens with two attached hydrogens (primary N) is 1. The van der Waals surface area contributed by atoms with Gasteiger partial charge in [-0.1, -0.05) is 0 Å². The lowest BCUT2D eigenvalue weighted by Crippen LogP contribution is -2.28. The number of nitrogens with zero attached hydrogens (tertiary/aromatic N) is 1. The number of hydrogen-bond donors (Lipinski definition) is 1. The van der Waals surface area contributed by atoms with E-state index < -0.39 is 23.3 Å². The largest absolute Gasteiger partial charge is 0.418 e. The number of ether oxygens (including phenoxy) is 1. The predicted octanol–water partition coefficient (Wildman–Crippen LogP) is 2.40. The Labute approximate surface area is 115 Å². The molecular weight excluding hydrogens is 273 g/mol. The van der Waals surface area contributed by atoms with E-state index in [9.17, 15) is 18.0 Å². The maximum Gasteiger partial charge on any atom is 0.418 e. The van der Waals surface area contributed by atoms with Crippen LogP contribution < -0.4 is 5.73 Å². The van der Waals surface area contributed by atoms with Crippen LogP contribution in [0.4, 0.5) is 18.9 Å². The third-order valence-electron chi connectivity index (χ3n) is 2.79. The quantitative estimate of drug-likeness (QED) is 0.669. The first-order valence-electron chi connectivity index (χ1n) is 5.98. The molecule has 0 aliphatic carbocycles. The van der Waals surface area contributed by atoms with Gasteiger partial charge in [-0.25, -0.2) is 0 Å². The smallest absolute Gasteiger partial charge is 0.398 e. The van der Waals surface area contributed by atoms with Crippen molar-refractivity contribution in [3.63, 3.8) is 0 Å². The molecule has 0 atom stereocenters. The van der Waals surface area contributed by atoms with Gasteiger partial charge in [-0.3, -0.25) is 4.79 Å². The number of halogens is 3. The van der Waals surface area contributed by atoms with Crippen molar-refractivity contribution >= 4 is 11.6 Å². The standard InChI is InChI=1S/C13H17F3N2O2/c1-18(6-3-7-20-2)12(19)9-4-5-11(17)10(8-9)13(14,15)16/h4-5,8H,3,6-7,17H2,1-2H3. The zero-order valence-electron chi connectivity index (χ0n) is 11.3. The molecule has 4 nitrogen and oxygen atoms in total. The summed E-state index contributed by atoms with van der Waals surface area (Å²) in [5, 5.41) is 0. The third kappa shape index (κ3) is 4.12. The summed E-state index contributed by atoms with van der Waals surface area (Å²) in [4.78, 5) is 13.4. The fraction of sp³-hybridized carbons (Fsp3) is 0.462. The van der Waals surface area contributed by atoms with Gasteiger partial charge >= 0.3 is 6.18 Å². The maximum atomic E-state index is 12.7. The average Bonchev–Trinajstić information content (AvgIpc) is 2.37. The summed E-state index contributed by atoms with van der Waals surface area (Å²) in [7, 11) is 3.07. The Balaban J connectivity index is 2.89. The molecule has 0 unspecified atom stereocenters. The van der Waals surface area contributed by atoms with Gasteiger partial charge in [0.25, 0.3) is 5.91 Å². The van der Waals surface area contributed by atoms with Gasteiger partial charge in [0, 0.05) is 38.6 Å². The van der Waals surface area contributed by atoms with Crippen molar-refractivity contribution in [1.82, 2.24) is 4.90 Å². The molecule has 0 aliphatic rings. The molecule has 2 N–H and O–H groups in total. The fourth-order valence-corrected chi connectivity index (χ4v) is 1.70. The van der Waals surface area contributed by atoms with Crippen molar-refractivity contribution in [3.8, 4) is 0 Å². The minimum atomic E-state index is -4.57. The lowest BCUT2D eigenvalue weighted by Gasteiger charge is -2.18. The van der Waals surface area contributed by atoms with Crippen LogP contribution in [0.3, 0.4) is 0 Å². The van der Waals surface area contributed by atoms with Crippen molar-refractivity contribution in [1.29, 1.82) is 0 Å². The average molecular weight is 290 g/mol. The normalized spacial score (nSPS) is 11.4. The van der Waals surface area contributed by atoms with Gasteiger partial charge in [-0.2, -0.15) is 13.2 Å². The summed E-state index contributed by atoms with van der Waals surface area (Å²) < 4.78 is 43.0. The van der Waals surface area contributed by atoms with E-state index in [0.717, 1.165) is 12.1 Å². The van der Waals surface area contributed by atoms with Crippen molar-refractivity contribution in [2.45, 2.75) is 12.6 Å². The van der Waals surface area contributed by atoms with Gasteiger partial charge in [0.15, 0.2) is 0 Å². The zero-order valence-corrected chi connectivity index (χ0v) is 11.3. The van der Waals surface area contributed by atoms with E-state index >= 15 is 0 Å². The second kappa shape index (κ2) is 6.60. The van der Waals surface area contributed by atoms with Gasteiger partial charge in [-0.15, -0.1) is 0 Å². The number of benzene rings is 1. The number of methoxy groups -OCH3 is 1. The highest BCUT2D eigenvalue weighted by Gasteiger charge is 2.33. The molecule has 112 valence electrons. The van der Waals surface area contributed by atoms with Crippen molar-refractivity contribution < 1.29 is 22.7 Å². The van der Waals surface area contributed by atoms with E-state index in [4.69, 9.17) is 10.5 Å². The van der Waals surface area contributed by atoms with Crippen LogP contribution in [-0.2, 0) is 10.9 Å². The molecule has 0 saturated heterocycles. The minimum Gasteiger partial charge on any atom is -0.398 e. The number of alkyl halides is 3. The molecule has 1 aromatic carbocycles. The zero-order chi connectivity index (χ0) is 15.3. The number of nitrogen functional groups attached to an aromatic ring is 1. The summed E-state index contributed by atoms with van der Waals surface area (Å²) >= 11 is 0. The van der Waals surface area contributed by atoms with Crippen molar-refractivity contribution in [2.24, 2.45) is 0 Å². The van der Waals surface area contributed by atoms with Gasteiger partial charge in [0.05, 0.1) is 5.56 Å². The lowest BCUT2D eigenvalue weighted by molar-refractivity contribution is -0.136. The first-order chi connectivity index (χ1) is 9.27. The van der Waals surface area contributed by atoms with Crippen LogP contribution in [0, 0.1) is 0 Å². The summed E-state index contributed by atoms with van der Waals surface area (Å²) in [6.45, 7) is 0.881. The number of carbonyl (C=O) groups is 1. The molecule has 1 rings (SSSR count). The summed E-state index contributed by atoms with van der Waals surface area (Å²) in [5.74, 6) is -0.480. The van der Waals surface area contributed by atoms with E-state index in [0.29, 0.717) is 19.6 Å². The fourth-order valence-electron chi connectivity index (χ4n) is 1.70. The molecule has 0 heterocycles. The predicted molar refractivity (Wildman–Crippen MR) is 69.3 cm³/mol. The second-order valence-electron chi connectivity index (χ2n) is 4.37.